The summed E-state index contributed by atoms with van der Waals surface area (Å²) < 4.78 is 23.1. The van der Waals surface area contributed by atoms with Crippen molar-refractivity contribution in [3.05, 3.63) is 22.1 Å². The monoisotopic (exact) mass is 382 g/mol. The summed E-state index contributed by atoms with van der Waals surface area (Å²) in [4.78, 5) is 33.7. The number of carbonyl (C=O) groups excluding carboxylic acids is 1. The molecule has 2 saturated heterocycles. The van der Waals surface area contributed by atoms with E-state index >= 15 is 0 Å². The molecule has 2 fully saturated rings. The number of sulfone groups is 1. The van der Waals surface area contributed by atoms with Crippen molar-refractivity contribution in [1.29, 1.82) is 0 Å². The van der Waals surface area contributed by atoms with E-state index in [9.17, 15) is 18.0 Å². The summed E-state index contributed by atoms with van der Waals surface area (Å²) in [6.45, 7) is 5.65. The number of anilines is 1. The number of amides is 1. The molecule has 0 unspecified atom stereocenters. The third-order valence-corrected chi connectivity index (χ3v) is 7.01. The molecule has 144 valence electrons. The summed E-state index contributed by atoms with van der Waals surface area (Å²) >= 11 is 0. The van der Waals surface area contributed by atoms with Crippen LogP contribution in [0.5, 0.6) is 0 Å². The molecule has 8 nitrogen and oxygen atoms in total. The Labute approximate surface area is 153 Å². The van der Waals surface area contributed by atoms with Gasteiger partial charge in [-0.15, -0.1) is 0 Å². The van der Waals surface area contributed by atoms with E-state index in [0.717, 1.165) is 25.9 Å². The van der Waals surface area contributed by atoms with Crippen molar-refractivity contribution in [2.75, 3.05) is 29.5 Å². The van der Waals surface area contributed by atoms with E-state index in [0.29, 0.717) is 24.0 Å². The Morgan fingerprint density at radius 2 is 2.04 bits per heavy atom. The van der Waals surface area contributed by atoms with Crippen LogP contribution < -0.4 is 15.8 Å². The molecular formula is C17H26N4O4S. The zero-order valence-corrected chi connectivity index (χ0v) is 16.0. The lowest BCUT2D eigenvalue weighted by Gasteiger charge is -2.31. The van der Waals surface area contributed by atoms with Crippen LogP contribution in [0.15, 0.2) is 10.9 Å². The Morgan fingerprint density at radius 1 is 1.35 bits per heavy atom. The minimum absolute atomic E-state index is 0.0558. The molecule has 2 atom stereocenters. The Kier molecular flexibility index (Phi) is 5.36. The van der Waals surface area contributed by atoms with E-state index in [1.54, 1.807) is 6.92 Å². The highest BCUT2D eigenvalue weighted by atomic mass is 32.2. The van der Waals surface area contributed by atoms with Crippen LogP contribution in [-0.4, -0.2) is 48.9 Å². The molecule has 3 rings (SSSR count). The van der Waals surface area contributed by atoms with Gasteiger partial charge in [-0.3, -0.25) is 14.6 Å². The quantitative estimate of drug-likeness (QED) is 0.789. The molecule has 0 aliphatic carbocycles. The zero-order chi connectivity index (χ0) is 18.9. The van der Waals surface area contributed by atoms with Gasteiger partial charge >= 0.3 is 0 Å². The molecule has 2 N–H and O–H groups in total. The molecule has 2 aliphatic heterocycles. The molecule has 26 heavy (non-hydrogen) atoms. The number of rotatable bonds is 4. The second-order valence-electron chi connectivity index (χ2n) is 7.49. The molecule has 0 spiro atoms. The van der Waals surface area contributed by atoms with E-state index in [2.05, 4.69) is 27.1 Å². The third-order valence-electron chi connectivity index (χ3n) is 5.24. The van der Waals surface area contributed by atoms with Crippen LogP contribution in [0.4, 0.5) is 5.95 Å². The van der Waals surface area contributed by atoms with Gasteiger partial charge in [-0.05, 0) is 32.1 Å². The molecule has 1 aromatic rings. The largest absolute Gasteiger partial charge is 0.348 e. The van der Waals surface area contributed by atoms with Crippen LogP contribution in [0, 0.1) is 11.8 Å². The smallest absolute Gasteiger partial charge is 0.252 e. The van der Waals surface area contributed by atoms with Gasteiger partial charge in [0.25, 0.3) is 5.56 Å². The van der Waals surface area contributed by atoms with Crippen LogP contribution in [0.2, 0.25) is 0 Å². The minimum Gasteiger partial charge on any atom is -0.348 e. The number of aromatic nitrogens is 2. The number of hydrogen-bond donors (Lipinski definition) is 2. The lowest BCUT2D eigenvalue weighted by molar-refractivity contribution is -0.124. The molecule has 2 aliphatic rings. The highest BCUT2D eigenvalue weighted by Gasteiger charge is 2.33. The van der Waals surface area contributed by atoms with Crippen LogP contribution >= 0.6 is 0 Å². The normalized spacial score (nSPS) is 24.4. The zero-order valence-electron chi connectivity index (χ0n) is 15.2. The van der Waals surface area contributed by atoms with Crippen molar-refractivity contribution in [1.82, 2.24) is 15.3 Å². The van der Waals surface area contributed by atoms with Crippen molar-refractivity contribution >= 4 is 21.7 Å². The fourth-order valence-corrected chi connectivity index (χ4v) is 5.20. The lowest BCUT2D eigenvalue weighted by Crippen LogP contribution is -2.37. The molecule has 1 aromatic heterocycles. The molecular weight excluding hydrogens is 356 g/mol. The van der Waals surface area contributed by atoms with Gasteiger partial charge in [-0.25, -0.2) is 13.4 Å². The van der Waals surface area contributed by atoms with Gasteiger partial charge in [0.2, 0.25) is 11.9 Å². The van der Waals surface area contributed by atoms with Gasteiger partial charge in [0.1, 0.15) is 0 Å². The maximum absolute atomic E-state index is 12.3. The van der Waals surface area contributed by atoms with Gasteiger partial charge in [-0.2, -0.15) is 0 Å². The van der Waals surface area contributed by atoms with E-state index in [1.807, 2.05) is 0 Å². The molecule has 1 amide bonds. The third kappa shape index (κ3) is 4.44. The summed E-state index contributed by atoms with van der Waals surface area (Å²) in [6.07, 6.45) is 2.45. The highest BCUT2D eigenvalue weighted by Crippen LogP contribution is 2.22. The van der Waals surface area contributed by atoms with Crippen LogP contribution in [-0.2, 0) is 14.6 Å². The highest BCUT2D eigenvalue weighted by molar-refractivity contribution is 7.91. The predicted molar refractivity (Wildman–Crippen MR) is 98.8 cm³/mol. The van der Waals surface area contributed by atoms with E-state index in [4.69, 9.17) is 0 Å². The molecule has 0 radical (unpaired) electrons. The maximum atomic E-state index is 12.3. The first-order chi connectivity index (χ1) is 12.2. The number of piperidine rings is 1. The molecule has 3 heterocycles. The lowest BCUT2D eigenvalue weighted by atomic mass is 10.00. The van der Waals surface area contributed by atoms with E-state index < -0.39 is 21.8 Å². The summed E-state index contributed by atoms with van der Waals surface area (Å²) in [7, 11) is -3.11. The molecule has 0 aromatic carbocycles. The second kappa shape index (κ2) is 7.38. The van der Waals surface area contributed by atoms with Gasteiger partial charge < -0.3 is 10.2 Å². The Hall–Kier alpha value is -1.90. The average Bonchev–Trinajstić information content (AvgIpc) is 2.95. The first-order valence-electron chi connectivity index (χ1n) is 9.10. The van der Waals surface area contributed by atoms with Gasteiger partial charge in [0.05, 0.1) is 29.2 Å². The van der Waals surface area contributed by atoms with Crippen molar-refractivity contribution in [2.45, 2.75) is 39.2 Å². The summed E-state index contributed by atoms with van der Waals surface area (Å²) in [5, 5.41) is 2.80. The number of carbonyl (C=O) groups is 1. The van der Waals surface area contributed by atoms with Gasteiger partial charge in [0, 0.05) is 19.2 Å². The minimum atomic E-state index is -3.11. The standard InChI is InChI=1S/C17H26N4O4S/c1-11-3-6-21(7-4-11)17-19-14(9-15(22)20-17)12(2)18-16(23)13-5-8-26(24,25)10-13/h9,11-13H,3-8,10H2,1-2H3,(H,18,23)(H,19,20,22)/t12-,13+/m1/s1. The topological polar surface area (TPSA) is 112 Å². The van der Waals surface area contributed by atoms with Crippen LogP contribution in [0.3, 0.4) is 0 Å². The fraction of sp³-hybridized carbons (Fsp3) is 0.706. The number of H-pyrrole nitrogens is 1. The van der Waals surface area contributed by atoms with E-state index in [-0.39, 0.29) is 23.0 Å². The fourth-order valence-electron chi connectivity index (χ4n) is 3.46. The van der Waals surface area contributed by atoms with Gasteiger partial charge in [-0.1, -0.05) is 6.92 Å². The first-order valence-corrected chi connectivity index (χ1v) is 10.9. The summed E-state index contributed by atoms with van der Waals surface area (Å²) in [5.74, 6) is 0.332. The maximum Gasteiger partial charge on any atom is 0.252 e. The molecule has 0 saturated carbocycles. The molecule has 0 bridgehead atoms. The van der Waals surface area contributed by atoms with Crippen molar-refractivity contribution in [2.24, 2.45) is 11.8 Å². The summed E-state index contributed by atoms with van der Waals surface area (Å²) in [6, 6.07) is 0.919. The SMILES string of the molecule is CC1CCN(c2nc([C@@H](C)NC(=O)[C@H]3CCS(=O)(=O)C3)cc(=O)[nH]2)CC1. The number of nitrogens with one attached hydrogen (secondary N) is 2. The molecule has 9 heteroatoms. The first kappa shape index (κ1) is 18.9. The van der Waals surface area contributed by atoms with Crippen molar-refractivity contribution < 1.29 is 13.2 Å². The average molecular weight is 382 g/mol. The second-order valence-corrected chi connectivity index (χ2v) is 9.72. The van der Waals surface area contributed by atoms with Crippen LogP contribution in [0.25, 0.3) is 0 Å². The Balaban J connectivity index is 1.70. The van der Waals surface area contributed by atoms with E-state index in [1.165, 1.54) is 6.07 Å². The van der Waals surface area contributed by atoms with Crippen molar-refractivity contribution in [3.8, 4) is 0 Å². The predicted octanol–water partition coefficient (Wildman–Crippen LogP) is 0.618. The van der Waals surface area contributed by atoms with Crippen molar-refractivity contribution in [3.63, 3.8) is 0 Å². The van der Waals surface area contributed by atoms with Gasteiger partial charge in [0.15, 0.2) is 9.84 Å². The Morgan fingerprint density at radius 3 is 2.65 bits per heavy atom. The summed E-state index contributed by atoms with van der Waals surface area (Å²) in [5.41, 5.74) is 0.227. The number of aromatic amines is 1. The number of hydrogen-bond acceptors (Lipinski definition) is 6. The Bertz CT molecular complexity index is 827. The number of nitrogens with zero attached hydrogens (tertiary/aromatic N) is 2. The van der Waals surface area contributed by atoms with Crippen LogP contribution in [0.1, 0.15) is 44.8 Å².